The second kappa shape index (κ2) is 12.0. The number of hydrogen-bond donors (Lipinski definition) is 2. The van der Waals surface area contributed by atoms with E-state index in [2.05, 4.69) is 20.5 Å². The number of carbonyl (C=O) groups excluding carboxylic acids is 2. The number of ether oxygens (including phenoxy) is 1. The van der Waals surface area contributed by atoms with Gasteiger partial charge in [-0.3, -0.25) is 14.4 Å². The Bertz CT molecular complexity index is 897. The van der Waals surface area contributed by atoms with Gasteiger partial charge in [0.1, 0.15) is 23.4 Å². The van der Waals surface area contributed by atoms with Crippen molar-refractivity contribution in [2.45, 2.75) is 27.2 Å². The number of aryl methyl sites for hydroxylation is 1. The first-order valence-electron chi connectivity index (χ1n) is 8.88. The average molecular weight is 402 g/mol. The van der Waals surface area contributed by atoms with Crippen molar-refractivity contribution in [2.75, 3.05) is 19.0 Å². The Morgan fingerprint density at radius 2 is 1.97 bits per heavy atom. The number of pyridine rings is 1. The predicted octanol–water partition coefficient (Wildman–Crippen LogP) is 3.40. The number of benzene rings is 1. The number of nitrogens with one attached hydrogen (secondary N) is 2. The lowest BCUT2D eigenvalue weighted by Gasteiger charge is -2.12. The van der Waals surface area contributed by atoms with Crippen molar-refractivity contribution in [1.29, 1.82) is 5.26 Å². The van der Waals surface area contributed by atoms with Gasteiger partial charge in [0.05, 0.1) is 31.4 Å². The van der Waals surface area contributed by atoms with E-state index in [1.165, 1.54) is 31.4 Å². The number of methoxy groups -OCH3 is 1. The Balaban J connectivity index is 0.00000204. The molecule has 8 nitrogen and oxygen atoms in total. The standard InChI is InChI=1S/C18H17FN4O4.C2H6/c1-11-3-6-15(14(19)9-11)22-17-13(5-4-12(10-20)21-17)18(25)23-27-8-7-16(24)26-2;1-2/h3-6,9H,7-8H2,1-2H3,(H,21,22)(H,23,25);1-2H3. The normalized spacial score (nSPS) is 9.52. The SMILES string of the molecule is CC.COC(=O)CCONC(=O)c1ccc(C#N)nc1Nc1ccc(C)cc1F. The minimum Gasteiger partial charge on any atom is -0.469 e. The highest BCUT2D eigenvalue weighted by atomic mass is 19.1. The van der Waals surface area contributed by atoms with Crippen LogP contribution in [0.2, 0.25) is 0 Å². The van der Waals surface area contributed by atoms with Crippen molar-refractivity contribution in [1.82, 2.24) is 10.5 Å². The maximum atomic E-state index is 14.1. The third-order valence-electron chi connectivity index (χ3n) is 3.43. The van der Waals surface area contributed by atoms with Gasteiger partial charge in [-0.25, -0.2) is 14.9 Å². The van der Waals surface area contributed by atoms with Crippen LogP contribution in [0.3, 0.4) is 0 Å². The van der Waals surface area contributed by atoms with Crippen LogP contribution in [0.5, 0.6) is 0 Å². The molecular weight excluding hydrogens is 379 g/mol. The average Bonchev–Trinajstić information content (AvgIpc) is 2.74. The minimum atomic E-state index is -0.674. The number of esters is 1. The summed E-state index contributed by atoms with van der Waals surface area (Å²) in [5.74, 6) is -1.70. The summed E-state index contributed by atoms with van der Waals surface area (Å²) in [6.07, 6.45) is -0.0396. The molecule has 0 atom stereocenters. The number of rotatable bonds is 7. The van der Waals surface area contributed by atoms with Gasteiger partial charge in [0, 0.05) is 0 Å². The second-order valence-corrected chi connectivity index (χ2v) is 5.42. The molecule has 29 heavy (non-hydrogen) atoms. The lowest BCUT2D eigenvalue weighted by Crippen LogP contribution is -2.26. The first kappa shape index (κ1) is 23.5. The summed E-state index contributed by atoms with van der Waals surface area (Å²) in [5.41, 5.74) is 3.08. The zero-order valence-corrected chi connectivity index (χ0v) is 16.7. The Kier molecular flexibility index (Phi) is 9.78. The highest BCUT2D eigenvalue weighted by Gasteiger charge is 2.16. The zero-order valence-electron chi connectivity index (χ0n) is 16.7. The maximum Gasteiger partial charge on any atom is 0.307 e. The fourth-order valence-corrected chi connectivity index (χ4v) is 2.06. The van der Waals surface area contributed by atoms with Crippen molar-refractivity contribution < 1.29 is 23.6 Å². The Morgan fingerprint density at radius 1 is 1.24 bits per heavy atom. The number of carbonyl (C=O) groups is 2. The van der Waals surface area contributed by atoms with E-state index in [-0.39, 0.29) is 35.8 Å². The Morgan fingerprint density at radius 3 is 2.59 bits per heavy atom. The van der Waals surface area contributed by atoms with E-state index in [4.69, 9.17) is 10.1 Å². The third-order valence-corrected chi connectivity index (χ3v) is 3.43. The zero-order chi connectivity index (χ0) is 21.8. The van der Waals surface area contributed by atoms with Gasteiger partial charge < -0.3 is 10.1 Å². The van der Waals surface area contributed by atoms with E-state index in [0.717, 1.165) is 5.56 Å². The highest BCUT2D eigenvalue weighted by Crippen LogP contribution is 2.23. The summed E-state index contributed by atoms with van der Waals surface area (Å²) in [6.45, 7) is 5.66. The largest absolute Gasteiger partial charge is 0.469 e. The van der Waals surface area contributed by atoms with Crippen LogP contribution in [-0.4, -0.2) is 30.6 Å². The molecule has 0 saturated heterocycles. The van der Waals surface area contributed by atoms with Crippen molar-refractivity contribution in [3.8, 4) is 6.07 Å². The number of anilines is 2. The van der Waals surface area contributed by atoms with Crippen LogP contribution in [0.15, 0.2) is 30.3 Å². The van der Waals surface area contributed by atoms with Gasteiger partial charge in [0.2, 0.25) is 0 Å². The van der Waals surface area contributed by atoms with Crippen LogP contribution in [0.4, 0.5) is 15.9 Å². The fraction of sp³-hybridized carbons (Fsp3) is 0.300. The number of amides is 1. The summed E-state index contributed by atoms with van der Waals surface area (Å²) >= 11 is 0. The van der Waals surface area contributed by atoms with Crippen LogP contribution in [0.1, 0.15) is 41.9 Å². The van der Waals surface area contributed by atoms with Crippen LogP contribution in [0, 0.1) is 24.1 Å². The monoisotopic (exact) mass is 402 g/mol. The first-order valence-corrected chi connectivity index (χ1v) is 8.88. The smallest absolute Gasteiger partial charge is 0.307 e. The molecule has 1 aromatic heterocycles. The topological polar surface area (TPSA) is 113 Å². The molecule has 2 aromatic rings. The molecule has 0 spiro atoms. The van der Waals surface area contributed by atoms with Crippen LogP contribution in [0.25, 0.3) is 0 Å². The van der Waals surface area contributed by atoms with E-state index in [1.807, 2.05) is 19.9 Å². The lowest BCUT2D eigenvalue weighted by molar-refractivity contribution is -0.142. The molecule has 2 N–H and O–H groups in total. The number of hydroxylamine groups is 1. The number of nitrogens with zero attached hydrogens (tertiary/aromatic N) is 2. The molecule has 0 aliphatic heterocycles. The molecule has 1 amide bonds. The molecule has 154 valence electrons. The van der Waals surface area contributed by atoms with E-state index in [1.54, 1.807) is 13.0 Å². The molecule has 2 rings (SSSR count). The van der Waals surface area contributed by atoms with Gasteiger partial charge in [-0.05, 0) is 36.8 Å². The van der Waals surface area contributed by atoms with E-state index >= 15 is 0 Å². The molecule has 0 bridgehead atoms. The van der Waals surface area contributed by atoms with E-state index in [0.29, 0.717) is 0 Å². The number of aromatic nitrogens is 1. The van der Waals surface area contributed by atoms with Crippen LogP contribution in [-0.2, 0) is 14.4 Å². The van der Waals surface area contributed by atoms with Gasteiger partial charge in [-0.15, -0.1) is 0 Å². The predicted molar refractivity (Wildman–Crippen MR) is 105 cm³/mol. The van der Waals surface area contributed by atoms with E-state index < -0.39 is 17.7 Å². The summed E-state index contributed by atoms with van der Waals surface area (Å²) in [4.78, 5) is 32.2. The molecule has 0 aliphatic carbocycles. The molecule has 9 heteroatoms. The van der Waals surface area contributed by atoms with Gasteiger partial charge in [0.15, 0.2) is 0 Å². The quantitative estimate of drug-likeness (QED) is 0.414. The van der Waals surface area contributed by atoms with Crippen LogP contribution >= 0.6 is 0 Å². The second-order valence-electron chi connectivity index (χ2n) is 5.42. The molecular formula is C20H23FN4O4. The number of halogens is 1. The first-order chi connectivity index (χ1) is 13.9. The van der Waals surface area contributed by atoms with Crippen molar-refractivity contribution in [2.24, 2.45) is 0 Å². The van der Waals surface area contributed by atoms with Gasteiger partial charge in [0.25, 0.3) is 5.91 Å². The molecule has 0 unspecified atom stereocenters. The van der Waals surface area contributed by atoms with Crippen molar-refractivity contribution in [3.05, 3.63) is 53.0 Å². The molecule has 1 heterocycles. The van der Waals surface area contributed by atoms with Crippen LogP contribution < -0.4 is 10.8 Å². The highest BCUT2D eigenvalue weighted by molar-refractivity contribution is 5.98. The van der Waals surface area contributed by atoms with Gasteiger partial charge >= 0.3 is 5.97 Å². The van der Waals surface area contributed by atoms with Gasteiger partial charge in [-0.1, -0.05) is 19.9 Å². The third kappa shape index (κ3) is 7.20. The van der Waals surface area contributed by atoms with Gasteiger partial charge in [-0.2, -0.15) is 5.26 Å². The van der Waals surface area contributed by atoms with Crippen molar-refractivity contribution >= 4 is 23.4 Å². The summed E-state index contributed by atoms with van der Waals surface area (Å²) in [7, 11) is 1.24. The van der Waals surface area contributed by atoms with E-state index in [9.17, 15) is 14.0 Å². The lowest BCUT2D eigenvalue weighted by atomic mass is 10.2. The Labute approximate surface area is 168 Å². The molecule has 0 saturated carbocycles. The summed E-state index contributed by atoms with van der Waals surface area (Å²) < 4.78 is 18.5. The maximum absolute atomic E-state index is 14.1. The number of nitriles is 1. The molecule has 0 aliphatic rings. The summed E-state index contributed by atoms with van der Waals surface area (Å²) in [6, 6.07) is 9.08. The molecule has 1 aromatic carbocycles. The fourth-order valence-electron chi connectivity index (χ4n) is 2.06. The Hall–Kier alpha value is -3.51. The van der Waals surface area contributed by atoms with Crippen molar-refractivity contribution in [3.63, 3.8) is 0 Å². The summed E-state index contributed by atoms with van der Waals surface area (Å²) in [5, 5.41) is 11.7. The molecule has 0 radical (unpaired) electrons. The molecule has 0 fully saturated rings. The number of hydrogen-bond acceptors (Lipinski definition) is 7. The minimum absolute atomic E-state index is 0.00845.